The summed E-state index contributed by atoms with van der Waals surface area (Å²) in [6, 6.07) is 3.35. The van der Waals surface area contributed by atoms with E-state index in [9.17, 15) is 19.7 Å². The molecule has 12 nitrogen and oxygen atoms in total. The molecule has 1 fully saturated rings. The molecule has 1 aliphatic rings. The molecule has 45 heavy (non-hydrogen) atoms. The zero-order valence-corrected chi connectivity index (χ0v) is 28.2. The van der Waals surface area contributed by atoms with Crippen molar-refractivity contribution in [2.24, 2.45) is 0 Å². The quantitative estimate of drug-likeness (QED) is 0.0723. The van der Waals surface area contributed by atoms with Gasteiger partial charge in [0.1, 0.15) is 35.8 Å². The summed E-state index contributed by atoms with van der Waals surface area (Å²) >= 11 is 0. The maximum absolute atomic E-state index is 12.4. The molecule has 0 spiro atoms. The number of unbranched alkanes of at least 4 members (excludes halogenated alkanes) is 14. The van der Waals surface area contributed by atoms with Gasteiger partial charge in [0.05, 0.1) is 18.9 Å². The number of rotatable bonds is 25. The Balaban J connectivity index is 1.18. The zero-order valence-electron chi connectivity index (χ0n) is 27.4. The molecule has 3 rings (SSSR count). The van der Waals surface area contributed by atoms with Gasteiger partial charge in [-0.15, -0.1) is 0 Å². The highest BCUT2D eigenvalue weighted by Crippen LogP contribution is 2.46. The van der Waals surface area contributed by atoms with Gasteiger partial charge in [-0.3, -0.25) is 9.05 Å². The van der Waals surface area contributed by atoms with Gasteiger partial charge in [0.2, 0.25) is 0 Å². The van der Waals surface area contributed by atoms with Crippen LogP contribution in [0.2, 0.25) is 0 Å². The number of hydrogen-bond acceptors (Lipinski definition) is 10. The number of nitrogens with two attached hydrogens (primary N) is 1. The van der Waals surface area contributed by atoms with E-state index >= 15 is 0 Å². The first-order valence-electron chi connectivity index (χ1n) is 17.0. The van der Waals surface area contributed by atoms with Crippen molar-refractivity contribution >= 4 is 19.2 Å². The van der Waals surface area contributed by atoms with Gasteiger partial charge in [-0.05, 0) is 31.9 Å². The highest BCUT2D eigenvalue weighted by atomic mass is 31.2. The molecule has 3 heterocycles. The summed E-state index contributed by atoms with van der Waals surface area (Å²) in [6.45, 7) is 4.47. The summed E-state index contributed by atoms with van der Waals surface area (Å²) in [5.41, 5.74) is 5.47. The topological polar surface area (TPSA) is 171 Å². The SMILES string of the molecule is CCCCCCCCCCCCCCCCCOCCCOP(=O)(O)OC[C@H]1O[C@@](C)(c2ccc3c(N)ncnn23)[C@H](O)[C@@H]1O. The number of aliphatic hydroxyl groups is 2. The molecule has 5 N–H and O–H groups in total. The molecule has 2 aromatic heterocycles. The number of nitrogen functional groups attached to an aromatic ring is 1. The molecule has 1 unspecified atom stereocenters. The number of nitrogens with zero attached hydrogens (tertiary/aromatic N) is 3. The molecule has 258 valence electrons. The number of anilines is 1. The molecule has 0 radical (unpaired) electrons. The number of phosphoric ester groups is 1. The number of fused-ring (bicyclic) bond motifs is 1. The molecular weight excluding hydrogens is 599 g/mol. The molecule has 5 atom stereocenters. The van der Waals surface area contributed by atoms with E-state index in [0.29, 0.717) is 30.8 Å². The first-order chi connectivity index (χ1) is 21.7. The summed E-state index contributed by atoms with van der Waals surface area (Å²) in [6.07, 6.45) is 17.7. The molecule has 2 aromatic rings. The highest BCUT2D eigenvalue weighted by Gasteiger charge is 2.54. The number of phosphoric acid groups is 1. The van der Waals surface area contributed by atoms with Crippen LogP contribution in [0.4, 0.5) is 5.82 Å². The Labute approximate surface area is 268 Å². The van der Waals surface area contributed by atoms with Crippen molar-refractivity contribution in [2.75, 3.05) is 32.2 Å². The van der Waals surface area contributed by atoms with Crippen molar-refractivity contribution in [2.45, 2.75) is 140 Å². The zero-order chi connectivity index (χ0) is 32.5. The number of hydrogen-bond donors (Lipinski definition) is 4. The first-order valence-corrected chi connectivity index (χ1v) is 18.5. The smallest absolute Gasteiger partial charge is 0.387 e. The fourth-order valence-corrected chi connectivity index (χ4v) is 6.65. The predicted molar refractivity (Wildman–Crippen MR) is 174 cm³/mol. The van der Waals surface area contributed by atoms with E-state index < -0.39 is 38.3 Å². The minimum Gasteiger partial charge on any atom is -0.387 e. The standard InChI is InChI=1S/C32H57N4O8P/c1-3-4-5-6-7-8-9-10-11-12-13-14-15-16-17-21-41-22-18-23-42-45(39,40)43-24-27-29(37)30(38)32(2,44-27)28-20-19-26-31(33)34-25-35-36(26)28/h19-20,25,27,29-30,37-38H,3-18,21-24H2,1-2H3,(H,39,40)(H2,33,34,35)/t27-,29-,30-,32+/m1/s1. The lowest BCUT2D eigenvalue weighted by atomic mass is 9.93. The van der Waals surface area contributed by atoms with Gasteiger partial charge >= 0.3 is 7.82 Å². The lowest BCUT2D eigenvalue weighted by Gasteiger charge is -2.27. The van der Waals surface area contributed by atoms with Gasteiger partial charge in [0.25, 0.3) is 0 Å². The molecule has 1 saturated heterocycles. The van der Waals surface area contributed by atoms with Crippen LogP contribution in [0.15, 0.2) is 18.5 Å². The Hall–Kier alpha value is -1.63. The maximum atomic E-state index is 12.4. The van der Waals surface area contributed by atoms with Gasteiger partial charge in [-0.1, -0.05) is 96.8 Å². The van der Waals surface area contributed by atoms with E-state index in [4.69, 9.17) is 24.3 Å². The van der Waals surface area contributed by atoms with Crippen LogP contribution < -0.4 is 5.73 Å². The van der Waals surface area contributed by atoms with Gasteiger partial charge in [-0.2, -0.15) is 5.10 Å². The number of aromatic nitrogens is 3. The summed E-state index contributed by atoms with van der Waals surface area (Å²) < 4.78 is 35.6. The van der Waals surface area contributed by atoms with Gasteiger partial charge in [0.15, 0.2) is 5.82 Å². The second-order valence-electron chi connectivity index (χ2n) is 12.4. The van der Waals surface area contributed by atoms with Crippen molar-refractivity contribution in [3.05, 3.63) is 24.2 Å². The largest absolute Gasteiger partial charge is 0.472 e. The second kappa shape index (κ2) is 19.9. The molecule has 13 heteroatoms. The number of aliphatic hydroxyl groups excluding tert-OH is 2. The van der Waals surface area contributed by atoms with Gasteiger partial charge in [0, 0.05) is 13.2 Å². The third kappa shape index (κ3) is 12.2. The van der Waals surface area contributed by atoms with Gasteiger partial charge in [-0.25, -0.2) is 14.1 Å². The Morgan fingerprint density at radius 3 is 2.09 bits per heavy atom. The molecule has 0 aliphatic carbocycles. The second-order valence-corrected chi connectivity index (χ2v) is 13.8. The third-order valence-corrected chi connectivity index (χ3v) is 9.62. The van der Waals surface area contributed by atoms with Crippen molar-refractivity contribution in [1.82, 2.24) is 14.6 Å². The van der Waals surface area contributed by atoms with E-state index in [1.807, 2.05) is 0 Å². The predicted octanol–water partition coefficient (Wildman–Crippen LogP) is 6.06. The molecule has 0 bridgehead atoms. The Bertz CT molecular complexity index is 1150. The van der Waals surface area contributed by atoms with Crippen LogP contribution in [-0.4, -0.2) is 74.4 Å². The molecule has 0 saturated carbocycles. The Morgan fingerprint density at radius 1 is 0.889 bits per heavy atom. The van der Waals surface area contributed by atoms with Crippen LogP contribution in [0.25, 0.3) is 5.52 Å². The van der Waals surface area contributed by atoms with Crippen LogP contribution in [0.1, 0.15) is 122 Å². The Morgan fingerprint density at radius 2 is 1.47 bits per heavy atom. The molecular formula is C32H57N4O8P. The molecule has 0 aromatic carbocycles. The molecule has 0 amide bonds. The van der Waals surface area contributed by atoms with E-state index in [1.165, 1.54) is 94.3 Å². The maximum Gasteiger partial charge on any atom is 0.472 e. The summed E-state index contributed by atoms with van der Waals surface area (Å²) in [4.78, 5) is 14.0. The van der Waals surface area contributed by atoms with E-state index in [-0.39, 0.29) is 12.4 Å². The minimum atomic E-state index is -4.40. The van der Waals surface area contributed by atoms with E-state index in [2.05, 4.69) is 17.0 Å². The normalized spacial score (nSPS) is 23.2. The average molecular weight is 657 g/mol. The average Bonchev–Trinajstić information content (AvgIpc) is 3.56. The lowest BCUT2D eigenvalue weighted by Crippen LogP contribution is -2.39. The lowest BCUT2D eigenvalue weighted by molar-refractivity contribution is -0.0888. The van der Waals surface area contributed by atoms with E-state index in [0.717, 1.165) is 12.8 Å². The van der Waals surface area contributed by atoms with Crippen LogP contribution >= 0.6 is 7.82 Å². The van der Waals surface area contributed by atoms with Crippen LogP contribution in [0.3, 0.4) is 0 Å². The van der Waals surface area contributed by atoms with Crippen LogP contribution in [0.5, 0.6) is 0 Å². The summed E-state index contributed by atoms with van der Waals surface area (Å²) in [5.74, 6) is 0.251. The molecule has 1 aliphatic heterocycles. The van der Waals surface area contributed by atoms with Crippen LogP contribution in [-0.2, 0) is 28.7 Å². The van der Waals surface area contributed by atoms with Crippen LogP contribution in [0, 0.1) is 0 Å². The van der Waals surface area contributed by atoms with Crippen molar-refractivity contribution in [1.29, 1.82) is 0 Å². The summed E-state index contributed by atoms with van der Waals surface area (Å²) in [5, 5.41) is 25.6. The first kappa shape index (κ1) is 37.8. The Kier molecular flexibility index (Phi) is 16.7. The highest BCUT2D eigenvalue weighted by molar-refractivity contribution is 7.47. The van der Waals surface area contributed by atoms with Crippen molar-refractivity contribution < 1.29 is 38.2 Å². The monoisotopic (exact) mass is 656 g/mol. The fraction of sp³-hybridized carbons (Fsp3) is 0.812. The van der Waals surface area contributed by atoms with Crippen molar-refractivity contribution in [3.63, 3.8) is 0 Å². The fourth-order valence-electron chi connectivity index (χ4n) is 5.88. The van der Waals surface area contributed by atoms with Gasteiger partial charge < -0.3 is 30.3 Å². The van der Waals surface area contributed by atoms with Crippen molar-refractivity contribution in [3.8, 4) is 0 Å². The third-order valence-electron chi connectivity index (χ3n) is 8.64. The van der Waals surface area contributed by atoms with E-state index in [1.54, 1.807) is 19.1 Å². The summed E-state index contributed by atoms with van der Waals surface area (Å²) in [7, 11) is -4.40. The minimum absolute atomic E-state index is 0.0156. The number of ether oxygens (including phenoxy) is 2.